The van der Waals surface area contributed by atoms with Crippen LogP contribution in [0, 0.1) is 0 Å². The lowest BCUT2D eigenvalue weighted by Crippen LogP contribution is -2.45. The van der Waals surface area contributed by atoms with Crippen LogP contribution in [0.4, 0.5) is 13.2 Å². The quantitative estimate of drug-likeness (QED) is 0.753. The second-order valence-electron chi connectivity index (χ2n) is 3.86. The molecule has 0 aliphatic heterocycles. The number of aliphatic hydroxyl groups is 1. The molecule has 0 amide bonds. The molecular formula is C10H20F3NO. The highest BCUT2D eigenvalue weighted by Crippen LogP contribution is 2.20. The molecule has 0 saturated heterocycles. The Kier molecular flexibility index (Phi) is 6.20. The number of hydrogen-bond donors (Lipinski definition) is 1. The first kappa shape index (κ1) is 14.7. The van der Waals surface area contributed by atoms with E-state index in [1.54, 1.807) is 6.92 Å². The molecule has 0 spiro atoms. The summed E-state index contributed by atoms with van der Waals surface area (Å²) >= 11 is 0. The van der Waals surface area contributed by atoms with Crippen LogP contribution in [0.2, 0.25) is 0 Å². The van der Waals surface area contributed by atoms with Gasteiger partial charge in [-0.2, -0.15) is 13.2 Å². The Bertz CT molecular complexity index is 173. The Hall–Kier alpha value is -0.290. The molecule has 2 unspecified atom stereocenters. The predicted octanol–water partition coefficient (Wildman–Crippen LogP) is 2.42. The summed E-state index contributed by atoms with van der Waals surface area (Å²) < 4.78 is 36.4. The van der Waals surface area contributed by atoms with Gasteiger partial charge in [-0.3, -0.25) is 4.90 Å². The van der Waals surface area contributed by atoms with Crippen molar-refractivity contribution in [1.29, 1.82) is 0 Å². The number of rotatable bonds is 6. The maximum atomic E-state index is 12.1. The fourth-order valence-corrected chi connectivity index (χ4v) is 1.77. The molecule has 0 bridgehead atoms. The van der Waals surface area contributed by atoms with Crippen LogP contribution in [0.15, 0.2) is 0 Å². The van der Waals surface area contributed by atoms with Gasteiger partial charge in [-0.1, -0.05) is 20.3 Å². The fourth-order valence-electron chi connectivity index (χ4n) is 1.77. The maximum absolute atomic E-state index is 12.1. The second kappa shape index (κ2) is 6.33. The molecule has 0 saturated carbocycles. The molecule has 0 aromatic carbocycles. The molecule has 0 heterocycles. The minimum Gasteiger partial charge on any atom is -0.391 e. The molecule has 5 heteroatoms. The van der Waals surface area contributed by atoms with Crippen LogP contribution >= 0.6 is 0 Å². The van der Waals surface area contributed by atoms with Crippen molar-refractivity contribution < 1.29 is 18.3 Å². The molecular weight excluding hydrogens is 207 g/mol. The zero-order valence-corrected chi connectivity index (χ0v) is 9.51. The molecule has 0 rings (SSSR count). The van der Waals surface area contributed by atoms with E-state index in [4.69, 9.17) is 0 Å². The van der Waals surface area contributed by atoms with Crippen molar-refractivity contribution in [1.82, 2.24) is 4.90 Å². The Morgan fingerprint density at radius 1 is 1.27 bits per heavy atom. The minimum absolute atomic E-state index is 0.411. The van der Waals surface area contributed by atoms with E-state index in [1.807, 2.05) is 6.92 Å². The molecule has 15 heavy (non-hydrogen) atoms. The summed E-state index contributed by atoms with van der Waals surface area (Å²) in [6.45, 7) is 2.72. The highest BCUT2D eigenvalue weighted by atomic mass is 19.4. The highest BCUT2D eigenvalue weighted by Gasteiger charge is 2.33. The van der Waals surface area contributed by atoms with E-state index in [1.165, 1.54) is 11.9 Å². The van der Waals surface area contributed by atoms with Crippen molar-refractivity contribution in [3.05, 3.63) is 0 Å². The van der Waals surface area contributed by atoms with E-state index >= 15 is 0 Å². The SMILES string of the molecule is CCCC(O)C(CC)N(C)CC(F)(F)F. The van der Waals surface area contributed by atoms with Crippen LogP contribution in [0.25, 0.3) is 0 Å². The molecule has 0 aromatic heterocycles. The number of halogens is 3. The minimum atomic E-state index is -4.20. The third-order valence-electron chi connectivity index (χ3n) is 2.44. The smallest absolute Gasteiger partial charge is 0.391 e. The summed E-state index contributed by atoms with van der Waals surface area (Å²) in [4.78, 5) is 1.18. The van der Waals surface area contributed by atoms with Gasteiger partial charge >= 0.3 is 6.18 Å². The van der Waals surface area contributed by atoms with Gasteiger partial charge in [-0.15, -0.1) is 0 Å². The van der Waals surface area contributed by atoms with Gasteiger partial charge in [0.15, 0.2) is 0 Å². The van der Waals surface area contributed by atoms with Crippen LogP contribution in [0.1, 0.15) is 33.1 Å². The van der Waals surface area contributed by atoms with Gasteiger partial charge in [0.1, 0.15) is 0 Å². The molecule has 0 aromatic rings. The Balaban J connectivity index is 4.27. The van der Waals surface area contributed by atoms with Gasteiger partial charge in [-0.25, -0.2) is 0 Å². The molecule has 92 valence electrons. The van der Waals surface area contributed by atoms with Gasteiger partial charge < -0.3 is 5.11 Å². The number of likely N-dealkylation sites (N-methyl/N-ethyl adjacent to an activating group) is 1. The summed E-state index contributed by atoms with van der Waals surface area (Å²) in [5.74, 6) is 0. The lowest BCUT2D eigenvalue weighted by atomic mass is 10.0. The summed E-state index contributed by atoms with van der Waals surface area (Å²) in [6, 6.07) is -0.411. The van der Waals surface area contributed by atoms with Crippen molar-refractivity contribution >= 4 is 0 Å². The lowest BCUT2D eigenvalue weighted by Gasteiger charge is -2.31. The molecule has 0 fully saturated rings. The number of alkyl halides is 3. The van der Waals surface area contributed by atoms with E-state index < -0.39 is 24.9 Å². The van der Waals surface area contributed by atoms with E-state index in [-0.39, 0.29) is 0 Å². The number of aliphatic hydroxyl groups excluding tert-OH is 1. The van der Waals surface area contributed by atoms with E-state index in [0.717, 1.165) is 6.42 Å². The van der Waals surface area contributed by atoms with Gasteiger partial charge in [0.2, 0.25) is 0 Å². The van der Waals surface area contributed by atoms with Crippen molar-refractivity contribution in [3.63, 3.8) is 0 Å². The predicted molar refractivity (Wildman–Crippen MR) is 53.7 cm³/mol. The zero-order chi connectivity index (χ0) is 12.1. The van der Waals surface area contributed by atoms with Crippen molar-refractivity contribution in [2.75, 3.05) is 13.6 Å². The molecule has 0 radical (unpaired) electrons. The van der Waals surface area contributed by atoms with E-state index in [9.17, 15) is 18.3 Å². The van der Waals surface area contributed by atoms with Crippen LogP contribution < -0.4 is 0 Å². The maximum Gasteiger partial charge on any atom is 0.401 e. The summed E-state index contributed by atoms with van der Waals surface area (Å²) in [5.41, 5.74) is 0. The Morgan fingerprint density at radius 3 is 2.13 bits per heavy atom. The first-order chi connectivity index (χ1) is 6.81. The van der Waals surface area contributed by atoms with Gasteiger partial charge in [0.05, 0.1) is 12.6 Å². The average Bonchev–Trinajstić information content (AvgIpc) is 2.02. The zero-order valence-electron chi connectivity index (χ0n) is 9.51. The van der Waals surface area contributed by atoms with Crippen molar-refractivity contribution in [3.8, 4) is 0 Å². The Morgan fingerprint density at radius 2 is 1.80 bits per heavy atom. The first-order valence-corrected chi connectivity index (χ1v) is 5.26. The highest BCUT2D eigenvalue weighted by molar-refractivity contribution is 4.77. The molecule has 2 nitrogen and oxygen atoms in total. The van der Waals surface area contributed by atoms with Crippen LogP contribution in [-0.4, -0.2) is 41.9 Å². The van der Waals surface area contributed by atoms with Gasteiger partial charge in [-0.05, 0) is 19.9 Å². The summed E-state index contributed by atoms with van der Waals surface area (Å²) in [5, 5.41) is 9.67. The third-order valence-corrected chi connectivity index (χ3v) is 2.44. The topological polar surface area (TPSA) is 23.5 Å². The third kappa shape index (κ3) is 5.99. The fraction of sp³-hybridized carbons (Fsp3) is 1.00. The van der Waals surface area contributed by atoms with Crippen LogP contribution in [0.3, 0.4) is 0 Å². The van der Waals surface area contributed by atoms with Gasteiger partial charge in [0.25, 0.3) is 0 Å². The van der Waals surface area contributed by atoms with Crippen LogP contribution in [-0.2, 0) is 0 Å². The monoisotopic (exact) mass is 227 g/mol. The molecule has 1 N–H and O–H groups in total. The molecule has 0 aliphatic rings. The van der Waals surface area contributed by atoms with Crippen LogP contribution in [0.5, 0.6) is 0 Å². The molecule has 2 atom stereocenters. The van der Waals surface area contributed by atoms with E-state index in [0.29, 0.717) is 12.8 Å². The summed E-state index contributed by atoms with van der Waals surface area (Å²) in [6.07, 6.45) is -3.03. The largest absolute Gasteiger partial charge is 0.401 e. The molecule has 0 aliphatic carbocycles. The van der Waals surface area contributed by atoms with E-state index in [2.05, 4.69) is 0 Å². The second-order valence-corrected chi connectivity index (χ2v) is 3.86. The van der Waals surface area contributed by atoms with Crippen molar-refractivity contribution in [2.45, 2.75) is 51.4 Å². The number of nitrogens with zero attached hydrogens (tertiary/aromatic N) is 1. The number of hydrogen-bond acceptors (Lipinski definition) is 2. The Labute approximate surface area is 89.1 Å². The van der Waals surface area contributed by atoms with Gasteiger partial charge in [0, 0.05) is 6.04 Å². The summed E-state index contributed by atoms with van der Waals surface area (Å²) in [7, 11) is 1.40. The average molecular weight is 227 g/mol. The van der Waals surface area contributed by atoms with Crippen molar-refractivity contribution in [2.24, 2.45) is 0 Å². The first-order valence-electron chi connectivity index (χ1n) is 5.26. The lowest BCUT2D eigenvalue weighted by molar-refractivity contribution is -0.152. The normalized spacial score (nSPS) is 16.8. The standard InChI is InChI=1S/C10H20F3NO/c1-4-6-9(15)8(5-2)14(3)7-10(11,12)13/h8-9,15H,4-7H2,1-3H3.